The average molecular weight is 606 g/mol. The highest BCUT2D eigenvalue weighted by molar-refractivity contribution is 9.10. The van der Waals surface area contributed by atoms with E-state index in [1.165, 1.54) is 15.9 Å². The summed E-state index contributed by atoms with van der Waals surface area (Å²) in [5, 5.41) is 0.415. The average Bonchev–Trinajstić information content (AvgIpc) is 3.41. The molecule has 2 aliphatic rings. The normalized spacial score (nSPS) is 16.6. The second-order valence-electron chi connectivity index (χ2n) is 8.65. The van der Waals surface area contributed by atoms with Gasteiger partial charge in [-0.1, -0.05) is 38.9 Å². The largest absolute Gasteiger partial charge is 0.496 e. The van der Waals surface area contributed by atoms with Crippen LogP contribution in [0.25, 0.3) is 6.08 Å². The van der Waals surface area contributed by atoms with Crippen LogP contribution in [0.3, 0.4) is 0 Å². The summed E-state index contributed by atoms with van der Waals surface area (Å²) in [5.41, 5.74) is 1.63. The predicted molar refractivity (Wildman–Crippen MR) is 143 cm³/mol. The standard InChI is InChI=1S/C26H22BrClN2O6S/c1-12(2)36-25(32)22-13(3)29-26-30(23(22)16-9-15(27)5-6-18(16)33-4)24(31)21(37-26)8-14-7-19-20(10-17(14)28)35-11-34-19/h5-10,12,23H,11H2,1-4H3/b21-8-/t23-/m1/s1. The molecular formula is C26H22BrClN2O6S. The Morgan fingerprint density at radius 2 is 2.00 bits per heavy atom. The molecule has 0 bridgehead atoms. The third-order valence-corrected chi connectivity index (χ3v) is 7.65. The number of rotatable bonds is 5. The smallest absolute Gasteiger partial charge is 0.338 e. The first-order valence-corrected chi connectivity index (χ1v) is 13.3. The number of methoxy groups -OCH3 is 1. The third kappa shape index (κ3) is 4.69. The number of allylic oxidation sites excluding steroid dienone is 1. The van der Waals surface area contributed by atoms with Crippen LogP contribution >= 0.6 is 38.9 Å². The fourth-order valence-electron chi connectivity index (χ4n) is 4.26. The lowest BCUT2D eigenvalue weighted by atomic mass is 9.95. The molecule has 0 amide bonds. The number of thiazole rings is 1. The third-order valence-electron chi connectivity index (χ3n) is 5.85. The van der Waals surface area contributed by atoms with Crippen LogP contribution in [-0.4, -0.2) is 30.5 Å². The van der Waals surface area contributed by atoms with E-state index in [-0.39, 0.29) is 24.0 Å². The van der Waals surface area contributed by atoms with Crippen molar-refractivity contribution in [1.29, 1.82) is 0 Å². The zero-order chi connectivity index (χ0) is 26.4. The van der Waals surface area contributed by atoms with Gasteiger partial charge in [0.15, 0.2) is 16.3 Å². The summed E-state index contributed by atoms with van der Waals surface area (Å²) in [6.07, 6.45) is 1.34. The van der Waals surface area contributed by atoms with Gasteiger partial charge in [0, 0.05) is 16.1 Å². The van der Waals surface area contributed by atoms with Crippen LogP contribution in [-0.2, 0) is 9.53 Å². The molecule has 37 heavy (non-hydrogen) atoms. The number of ether oxygens (including phenoxy) is 4. The van der Waals surface area contributed by atoms with Crippen molar-refractivity contribution in [2.75, 3.05) is 13.9 Å². The van der Waals surface area contributed by atoms with Crippen molar-refractivity contribution < 1.29 is 23.7 Å². The lowest BCUT2D eigenvalue weighted by Gasteiger charge is -2.26. The first-order valence-electron chi connectivity index (χ1n) is 11.3. The molecule has 0 N–H and O–H groups in total. The monoisotopic (exact) mass is 604 g/mol. The molecule has 0 fully saturated rings. The van der Waals surface area contributed by atoms with Gasteiger partial charge < -0.3 is 18.9 Å². The van der Waals surface area contributed by atoms with E-state index in [0.29, 0.717) is 48.4 Å². The molecule has 0 radical (unpaired) electrons. The van der Waals surface area contributed by atoms with E-state index in [2.05, 4.69) is 20.9 Å². The zero-order valence-electron chi connectivity index (χ0n) is 20.3. The van der Waals surface area contributed by atoms with Crippen LogP contribution in [0.5, 0.6) is 17.2 Å². The number of hydrogen-bond donors (Lipinski definition) is 0. The van der Waals surface area contributed by atoms with E-state index in [9.17, 15) is 9.59 Å². The fraction of sp³-hybridized carbons (Fsp3) is 0.269. The molecule has 3 aromatic rings. The van der Waals surface area contributed by atoms with Crippen LogP contribution in [0.4, 0.5) is 0 Å². The van der Waals surface area contributed by atoms with Gasteiger partial charge in [-0.3, -0.25) is 9.36 Å². The molecule has 0 saturated heterocycles. The number of halogens is 2. The van der Waals surface area contributed by atoms with Gasteiger partial charge in [0.05, 0.1) is 34.0 Å². The summed E-state index contributed by atoms with van der Waals surface area (Å²) in [5.74, 6) is 1.08. The molecule has 0 saturated carbocycles. The highest BCUT2D eigenvalue weighted by Crippen LogP contribution is 2.38. The highest BCUT2D eigenvalue weighted by atomic mass is 79.9. The number of aromatic nitrogens is 1. The van der Waals surface area contributed by atoms with Gasteiger partial charge in [0.25, 0.3) is 5.56 Å². The lowest BCUT2D eigenvalue weighted by molar-refractivity contribution is -0.143. The Morgan fingerprint density at radius 1 is 1.27 bits per heavy atom. The van der Waals surface area contributed by atoms with E-state index in [0.717, 1.165) is 4.47 Å². The Kier molecular flexibility index (Phi) is 6.91. The van der Waals surface area contributed by atoms with Crippen molar-refractivity contribution in [1.82, 2.24) is 4.57 Å². The molecule has 2 aliphatic heterocycles. The van der Waals surface area contributed by atoms with Gasteiger partial charge in [-0.15, -0.1) is 0 Å². The summed E-state index contributed by atoms with van der Waals surface area (Å²) in [7, 11) is 1.54. The molecule has 1 aromatic heterocycles. The van der Waals surface area contributed by atoms with Crippen LogP contribution in [0, 0.1) is 0 Å². The quantitative estimate of drug-likeness (QED) is 0.402. The molecule has 0 unspecified atom stereocenters. The summed E-state index contributed by atoms with van der Waals surface area (Å²) < 4.78 is 24.7. The SMILES string of the molecule is COc1ccc(Br)cc1[C@@H]1C(C(=O)OC(C)C)=C(C)N=c2s/c(=C\c3cc4c(cc3Cl)OCO4)c(=O)n21. The number of hydrogen-bond acceptors (Lipinski definition) is 8. The molecule has 11 heteroatoms. The van der Waals surface area contributed by atoms with Gasteiger partial charge in [-0.2, -0.15) is 0 Å². The predicted octanol–water partition coefficient (Wildman–Crippen LogP) is 4.34. The lowest BCUT2D eigenvalue weighted by Crippen LogP contribution is -2.40. The van der Waals surface area contributed by atoms with Crippen molar-refractivity contribution in [3.05, 3.63) is 81.9 Å². The van der Waals surface area contributed by atoms with E-state index >= 15 is 0 Å². The molecular weight excluding hydrogens is 584 g/mol. The molecule has 3 heterocycles. The van der Waals surface area contributed by atoms with E-state index in [1.807, 2.05) is 12.1 Å². The van der Waals surface area contributed by atoms with Gasteiger partial charge in [0.2, 0.25) is 6.79 Å². The number of carbonyl (C=O) groups is 1. The maximum absolute atomic E-state index is 13.9. The number of carbonyl (C=O) groups excluding carboxylic acids is 1. The van der Waals surface area contributed by atoms with Gasteiger partial charge in [-0.05, 0) is 56.7 Å². The Labute approximate surface area is 229 Å². The van der Waals surface area contributed by atoms with Crippen LogP contribution in [0.1, 0.15) is 37.9 Å². The van der Waals surface area contributed by atoms with Crippen molar-refractivity contribution in [2.24, 2.45) is 4.99 Å². The van der Waals surface area contributed by atoms with E-state index < -0.39 is 12.0 Å². The number of fused-ring (bicyclic) bond motifs is 2. The molecule has 0 aliphatic carbocycles. The minimum atomic E-state index is -0.815. The topological polar surface area (TPSA) is 88.4 Å². The van der Waals surface area contributed by atoms with Crippen LogP contribution < -0.4 is 29.1 Å². The Balaban J connectivity index is 1.75. The maximum Gasteiger partial charge on any atom is 0.338 e. The van der Waals surface area contributed by atoms with Crippen molar-refractivity contribution in [3.8, 4) is 17.2 Å². The number of benzene rings is 2. The molecule has 2 aromatic carbocycles. The summed E-state index contributed by atoms with van der Waals surface area (Å²) in [6, 6.07) is 8.01. The molecule has 0 spiro atoms. The summed E-state index contributed by atoms with van der Waals surface area (Å²) in [6.45, 7) is 5.39. The van der Waals surface area contributed by atoms with E-state index in [4.69, 9.17) is 30.5 Å². The maximum atomic E-state index is 13.9. The fourth-order valence-corrected chi connectivity index (χ4v) is 5.88. The number of esters is 1. The molecule has 192 valence electrons. The molecule has 5 rings (SSSR count). The van der Waals surface area contributed by atoms with Crippen LogP contribution in [0.15, 0.2) is 55.9 Å². The second-order valence-corrected chi connectivity index (χ2v) is 11.0. The van der Waals surface area contributed by atoms with E-state index in [1.54, 1.807) is 52.2 Å². The minimum Gasteiger partial charge on any atom is -0.496 e. The number of nitrogens with zero attached hydrogens (tertiary/aromatic N) is 2. The Hall–Kier alpha value is -3.08. The van der Waals surface area contributed by atoms with Crippen molar-refractivity contribution in [3.63, 3.8) is 0 Å². The van der Waals surface area contributed by atoms with Crippen molar-refractivity contribution in [2.45, 2.75) is 32.9 Å². The summed E-state index contributed by atoms with van der Waals surface area (Å²) >= 11 is 11.2. The Morgan fingerprint density at radius 3 is 2.70 bits per heavy atom. The van der Waals surface area contributed by atoms with Gasteiger partial charge >= 0.3 is 5.97 Å². The second kappa shape index (κ2) is 10.00. The van der Waals surface area contributed by atoms with Gasteiger partial charge in [-0.25, -0.2) is 9.79 Å². The molecule has 1 atom stereocenters. The summed E-state index contributed by atoms with van der Waals surface area (Å²) in [4.78, 5) is 32.3. The Bertz CT molecular complexity index is 1640. The van der Waals surface area contributed by atoms with Crippen molar-refractivity contribution >= 4 is 50.9 Å². The first-order chi connectivity index (χ1) is 17.7. The zero-order valence-corrected chi connectivity index (χ0v) is 23.5. The first kappa shape index (κ1) is 25.6. The minimum absolute atomic E-state index is 0.111. The van der Waals surface area contributed by atoms with Crippen LogP contribution in [0.2, 0.25) is 5.02 Å². The van der Waals surface area contributed by atoms with Gasteiger partial charge in [0.1, 0.15) is 11.8 Å². The molecule has 8 nitrogen and oxygen atoms in total. The highest BCUT2D eigenvalue weighted by Gasteiger charge is 2.35.